The molecular formula is C16H26ClNS. The molecule has 2 unspecified atom stereocenters. The molecule has 1 aromatic heterocycles. The summed E-state index contributed by atoms with van der Waals surface area (Å²) >= 11 is 8.22. The molecule has 0 saturated heterocycles. The molecule has 1 aromatic rings. The first-order chi connectivity index (χ1) is 9.18. The summed E-state index contributed by atoms with van der Waals surface area (Å²) in [4.78, 5) is 1.43. The van der Waals surface area contributed by atoms with Crippen molar-refractivity contribution < 1.29 is 0 Å². The Labute approximate surface area is 126 Å². The van der Waals surface area contributed by atoms with Crippen LogP contribution >= 0.6 is 22.9 Å². The Kier molecular flexibility index (Phi) is 6.18. The Morgan fingerprint density at radius 3 is 2.79 bits per heavy atom. The van der Waals surface area contributed by atoms with Crippen LogP contribution in [0.25, 0.3) is 0 Å². The standard InChI is InChI=1S/C16H26ClNS/c1-12(2)10-18-11-13-6-4-3-5-7-14(13)16-15(17)8-9-19-16/h8-9,12-14,18H,3-7,10-11H2,1-2H3. The normalized spacial score (nSPS) is 24.6. The number of halogens is 1. The van der Waals surface area contributed by atoms with Crippen molar-refractivity contribution in [3.63, 3.8) is 0 Å². The van der Waals surface area contributed by atoms with Gasteiger partial charge >= 0.3 is 0 Å². The predicted molar refractivity (Wildman–Crippen MR) is 86.4 cm³/mol. The molecule has 108 valence electrons. The van der Waals surface area contributed by atoms with Crippen LogP contribution in [0.15, 0.2) is 11.4 Å². The van der Waals surface area contributed by atoms with E-state index < -0.39 is 0 Å². The second kappa shape index (κ2) is 7.66. The lowest BCUT2D eigenvalue weighted by Crippen LogP contribution is -2.29. The summed E-state index contributed by atoms with van der Waals surface area (Å²) in [5.74, 6) is 2.17. The van der Waals surface area contributed by atoms with Gasteiger partial charge in [0, 0.05) is 4.88 Å². The minimum absolute atomic E-state index is 0.676. The third-order valence-corrected chi connectivity index (χ3v) is 5.59. The molecule has 1 nitrogen and oxygen atoms in total. The summed E-state index contributed by atoms with van der Waals surface area (Å²) in [7, 11) is 0. The van der Waals surface area contributed by atoms with Crippen molar-refractivity contribution in [3.8, 4) is 0 Å². The van der Waals surface area contributed by atoms with Gasteiger partial charge in [0.05, 0.1) is 5.02 Å². The van der Waals surface area contributed by atoms with E-state index in [-0.39, 0.29) is 0 Å². The lowest BCUT2D eigenvalue weighted by atomic mass is 9.86. The van der Waals surface area contributed by atoms with E-state index >= 15 is 0 Å². The van der Waals surface area contributed by atoms with Crippen LogP contribution in [0, 0.1) is 11.8 Å². The highest BCUT2D eigenvalue weighted by Crippen LogP contribution is 2.41. The highest BCUT2D eigenvalue weighted by Gasteiger charge is 2.27. The van der Waals surface area contributed by atoms with Crippen LogP contribution in [0.3, 0.4) is 0 Å². The van der Waals surface area contributed by atoms with Gasteiger partial charge in [0.25, 0.3) is 0 Å². The molecule has 3 heteroatoms. The van der Waals surface area contributed by atoms with Gasteiger partial charge in [-0.05, 0) is 55.1 Å². The third-order valence-electron chi connectivity index (χ3n) is 4.10. The van der Waals surface area contributed by atoms with Crippen LogP contribution in [-0.4, -0.2) is 13.1 Å². The molecule has 2 atom stereocenters. The average molecular weight is 300 g/mol. The quantitative estimate of drug-likeness (QED) is 0.726. The van der Waals surface area contributed by atoms with E-state index in [1.165, 1.54) is 37.0 Å². The molecule has 19 heavy (non-hydrogen) atoms. The topological polar surface area (TPSA) is 12.0 Å². The number of thiophene rings is 1. The Morgan fingerprint density at radius 1 is 1.32 bits per heavy atom. The van der Waals surface area contributed by atoms with E-state index in [9.17, 15) is 0 Å². The fourth-order valence-electron chi connectivity index (χ4n) is 3.10. The zero-order valence-corrected chi connectivity index (χ0v) is 13.7. The van der Waals surface area contributed by atoms with Crippen LogP contribution in [-0.2, 0) is 0 Å². The van der Waals surface area contributed by atoms with Crippen LogP contribution < -0.4 is 5.32 Å². The van der Waals surface area contributed by atoms with Gasteiger partial charge in [-0.15, -0.1) is 11.3 Å². The van der Waals surface area contributed by atoms with Gasteiger partial charge in [0.15, 0.2) is 0 Å². The van der Waals surface area contributed by atoms with Gasteiger partial charge in [-0.25, -0.2) is 0 Å². The van der Waals surface area contributed by atoms with E-state index in [2.05, 4.69) is 30.6 Å². The van der Waals surface area contributed by atoms with Crippen molar-refractivity contribution in [1.82, 2.24) is 5.32 Å². The lowest BCUT2D eigenvalue weighted by molar-refractivity contribution is 0.370. The Hall–Kier alpha value is -0.0500. The van der Waals surface area contributed by atoms with Crippen LogP contribution in [0.5, 0.6) is 0 Å². The molecule has 0 radical (unpaired) electrons. The van der Waals surface area contributed by atoms with Crippen molar-refractivity contribution >= 4 is 22.9 Å². The smallest absolute Gasteiger partial charge is 0.0547 e. The van der Waals surface area contributed by atoms with Crippen molar-refractivity contribution in [2.75, 3.05) is 13.1 Å². The molecule has 1 heterocycles. The Morgan fingerprint density at radius 2 is 2.11 bits per heavy atom. The molecule has 1 aliphatic rings. The molecule has 1 saturated carbocycles. The van der Waals surface area contributed by atoms with E-state index in [0.717, 1.165) is 29.9 Å². The van der Waals surface area contributed by atoms with Gasteiger partial charge in [0.2, 0.25) is 0 Å². The monoisotopic (exact) mass is 299 g/mol. The Bertz CT molecular complexity index is 375. The van der Waals surface area contributed by atoms with E-state index in [0.29, 0.717) is 5.92 Å². The highest BCUT2D eigenvalue weighted by molar-refractivity contribution is 7.10. The molecule has 1 fully saturated rings. The number of rotatable bonds is 5. The van der Waals surface area contributed by atoms with Crippen LogP contribution in [0.2, 0.25) is 5.02 Å². The first-order valence-electron chi connectivity index (χ1n) is 7.62. The summed E-state index contributed by atoms with van der Waals surface area (Å²) in [6.07, 6.45) is 6.80. The fourth-order valence-corrected chi connectivity index (χ4v) is 4.53. The third kappa shape index (κ3) is 4.47. The van der Waals surface area contributed by atoms with Crippen molar-refractivity contribution in [1.29, 1.82) is 0 Å². The van der Waals surface area contributed by atoms with Crippen molar-refractivity contribution in [3.05, 3.63) is 21.3 Å². The van der Waals surface area contributed by atoms with E-state index in [1.807, 2.05) is 11.3 Å². The maximum Gasteiger partial charge on any atom is 0.0547 e. The van der Waals surface area contributed by atoms with Gasteiger partial charge in [-0.2, -0.15) is 0 Å². The maximum absolute atomic E-state index is 6.37. The summed E-state index contributed by atoms with van der Waals surface area (Å²) in [5.41, 5.74) is 0. The van der Waals surface area contributed by atoms with Crippen molar-refractivity contribution in [2.45, 2.75) is 51.9 Å². The first kappa shape index (κ1) is 15.3. The largest absolute Gasteiger partial charge is 0.316 e. The molecule has 0 spiro atoms. The fraction of sp³-hybridized carbons (Fsp3) is 0.750. The van der Waals surface area contributed by atoms with Crippen molar-refractivity contribution in [2.24, 2.45) is 11.8 Å². The number of hydrogen-bond acceptors (Lipinski definition) is 2. The van der Waals surface area contributed by atoms with Gasteiger partial charge in [-0.3, -0.25) is 0 Å². The van der Waals surface area contributed by atoms with Gasteiger partial charge < -0.3 is 5.32 Å². The molecule has 2 rings (SSSR count). The summed E-state index contributed by atoms with van der Waals surface area (Å²) in [6.45, 7) is 6.82. The van der Waals surface area contributed by atoms with E-state index in [4.69, 9.17) is 11.6 Å². The van der Waals surface area contributed by atoms with Gasteiger partial charge in [0.1, 0.15) is 0 Å². The van der Waals surface area contributed by atoms with Crippen LogP contribution in [0.4, 0.5) is 0 Å². The lowest BCUT2D eigenvalue weighted by Gasteiger charge is -2.25. The first-order valence-corrected chi connectivity index (χ1v) is 8.88. The molecule has 0 amide bonds. The second-order valence-corrected chi connectivity index (χ2v) is 7.54. The summed E-state index contributed by atoms with van der Waals surface area (Å²) in [5, 5.41) is 6.79. The second-order valence-electron chi connectivity index (χ2n) is 6.19. The van der Waals surface area contributed by atoms with Crippen LogP contribution in [0.1, 0.15) is 56.7 Å². The zero-order valence-electron chi connectivity index (χ0n) is 12.1. The van der Waals surface area contributed by atoms with E-state index in [1.54, 1.807) is 0 Å². The molecule has 0 aliphatic heterocycles. The number of hydrogen-bond donors (Lipinski definition) is 1. The molecule has 1 N–H and O–H groups in total. The predicted octanol–water partition coefficient (Wildman–Crippen LogP) is 5.31. The number of nitrogens with one attached hydrogen (secondary N) is 1. The minimum atomic E-state index is 0.676. The maximum atomic E-state index is 6.37. The SMILES string of the molecule is CC(C)CNCC1CCCCCC1c1sccc1Cl. The Balaban J connectivity index is 2.01. The molecular weight excluding hydrogens is 274 g/mol. The molecule has 0 aromatic carbocycles. The summed E-state index contributed by atoms with van der Waals surface area (Å²) in [6, 6.07) is 2.06. The highest BCUT2D eigenvalue weighted by atomic mass is 35.5. The minimum Gasteiger partial charge on any atom is -0.316 e. The summed E-state index contributed by atoms with van der Waals surface area (Å²) < 4.78 is 0. The molecule has 1 aliphatic carbocycles. The molecule has 0 bridgehead atoms. The average Bonchev–Trinajstić information content (AvgIpc) is 2.65. The van der Waals surface area contributed by atoms with Gasteiger partial charge in [-0.1, -0.05) is 44.7 Å². The zero-order chi connectivity index (χ0) is 13.7.